The first-order valence-electron chi connectivity index (χ1n) is 4.14. The normalized spacial score (nSPS) is 10.3. The lowest BCUT2D eigenvalue weighted by molar-refractivity contribution is 0.124. The Bertz CT molecular complexity index is 255. The number of likely N-dealkylation sites (N-methyl/N-ethyl adjacent to an activating group) is 1. The number of pyridine rings is 1. The third-order valence-corrected chi connectivity index (χ3v) is 1.96. The molecule has 0 atom stereocenters. The van der Waals surface area contributed by atoms with Crippen molar-refractivity contribution < 1.29 is 4.74 Å². The fourth-order valence-electron chi connectivity index (χ4n) is 0.899. The summed E-state index contributed by atoms with van der Waals surface area (Å²) in [5.74, 6) is 0. The van der Waals surface area contributed by atoms with Gasteiger partial charge in [-0.2, -0.15) is 0 Å². The van der Waals surface area contributed by atoms with Gasteiger partial charge in [-0.15, -0.1) is 0 Å². The summed E-state index contributed by atoms with van der Waals surface area (Å²) < 4.78 is 6.38. The van der Waals surface area contributed by atoms with Crippen LogP contribution < -0.4 is 5.32 Å². The van der Waals surface area contributed by atoms with Gasteiger partial charge in [0.2, 0.25) is 0 Å². The Kier molecular flexibility index (Phi) is 4.97. The zero-order valence-corrected chi connectivity index (χ0v) is 9.17. The van der Waals surface area contributed by atoms with Crippen LogP contribution in [-0.4, -0.2) is 25.2 Å². The van der Waals surface area contributed by atoms with Gasteiger partial charge in [-0.25, -0.2) is 0 Å². The van der Waals surface area contributed by atoms with Crippen molar-refractivity contribution in [2.75, 3.05) is 20.2 Å². The highest BCUT2D eigenvalue weighted by atomic mass is 79.9. The first kappa shape index (κ1) is 10.6. The van der Waals surface area contributed by atoms with Gasteiger partial charge in [-0.3, -0.25) is 4.98 Å². The van der Waals surface area contributed by atoms with E-state index in [0.717, 1.165) is 23.2 Å². The van der Waals surface area contributed by atoms with Gasteiger partial charge in [0, 0.05) is 23.4 Å². The molecule has 0 saturated carbocycles. The van der Waals surface area contributed by atoms with Gasteiger partial charge in [0.25, 0.3) is 0 Å². The summed E-state index contributed by atoms with van der Waals surface area (Å²) >= 11 is 3.35. The Labute approximate surface area is 86.6 Å². The van der Waals surface area contributed by atoms with Crippen molar-refractivity contribution in [3.63, 3.8) is 0 Å². The van der Waals surface area contributed by atoms with Crippen LogP contribution in [0.15, 0.2) is 22.9 Å². The van der Waals surface area contributed by atoms with E-state index in [2.05, 4.69) is 26.2 Å². The Morgan fingerprint density at radius 1 is 1.54 bits per heavy atom. The maximum absolute atomic E-state index is 5.39. The van der Waals surface area contributed by atoms with Crippen LogP contribution in [0.1, 0.15) is 5.56 Å². The molecular formula is C9H13BrN2O. The zero-order valence-electron chi connectivity index (χ0n) is 7.59. The summed E-state index contributed by atoms with van der Waals surface area (Å²) in [4.78, 5) is 4.04. The van der Waals surface area contributed by atoms with Crippen LogP contribution in [0.3, 0.4) is 0 Å². The Morgan fingerprint density at radius 3 is 3.08 bits per heavy atom. The lowest BCUT2D eigenvalue weighted by Crippen LogP contribution is -2.14. The van der Waals surface area contributed by atoms with Crippen molar-refractivity contribution in [3.05, 3.63) is 28.5 Å². The molecule has 1 heterocycles. The number of nitrogens with one attached hydrogen (secondary N) is 1. The molecule has 0 aliphatic rings. The Balaban J connectivity index is 2.28. The molecule has 0 unspecified atom stereocenters. The van der Waals surface area contributed by atoms with Crippen LogP contribution in [0.5, 0.6) is 0 Å². The summed E-state index contributed by atoms with van der Waals surface area (Å²) in [5, 5.41) is 3.02. The third-order valence-electron chi connectivity index (χ3n) is 1.53. The minimum atomic E-state index is 0.619. The molecule has 0 fully saturated rings. The van der Waals surface area contributed by atoms with Crippen LogP contribution in [0, 0.1) is 0 Å². The molecule has 13 heavy (non-hydrogen) atoms. The van der Waals surface area contributed by atoms with E-state index < -0.39 is 0 Å². The fourth-order valence-corrected chi connectivity index (χ4v) is 1.31. The average molecular weight is 245 g/mol. The highest BCUT2D eigenvalue weighted by molar-refractivity contribution is 9.10. The van der Waals surface area contributed by atoms with Crippen molar-refractivity contribution in [1.29, 1.82) is 0 Å². The van der Waals surface area contributed by atoms with Crippen molar-refractivity contribution in [2.45, 2.75) is 6.61 Å². The number of aromatic nitrogens is 1. The molecule has 0 amide bonds. The number of hydrogen-bond donors (Lipinski definition) is 1. The monoisotopic (exact) mass is 244 g/mol. The lowest BCUT2D eigenvalue weighted by Gasteiger charge is -2.03. The van der Waals surface area contributed by atoms with E-state index in [1.54, 1.807) is 6.20 Å². The molecule has 0 spiro atoms. The number of rotatable bonds is 5. The first-order valence-corrected chi connectivity index (χ1v) is 4.94. The number of halogens is 1. The van der Waals surface area contributed by atoms with E-state index in [4.69, 9.17) is 4.74 Å². The van der Waals surface area contributed by atoms with Gasteiger partial charge in [0.05, 0.1) is 13.2 Å². The standard InChI is InChI=1S/C9H13BrN2O/c1-11-2-3-13-7-8-4-9(10)6-12-5-8/h4-6,11H,2-3,7H2,1H3. The van der Waals surface area contributed by atoms with Gasteiger partial charge in [-0.1, -0.05) is 0 Å². The highest BCUT2D eigenvalue weighted by Gasteiger charge is 1.94. The van der Waals surface area contributed by atoms with Crippen LogP contribution >= 0.6 is 15.9 Å². The summed E-state index contributed by atoms with van der Waals surface area (Å²) in [5.41, 5.74) is 1.09. The molecule has 0 saturated heterocycles. The largest absolute Gasteiger partial charge is 0.375 e. The molecule has 0 aliphatic heterocycles. The van der Waals surface area contributed by atoms with Crippen molar-refractivity contribution in [3.8, 4) is 0 Å². The molecule has 1 rings (SSSR count). The van der Waals surface area contributed by atoms with E-state index in [9.17, 15) is 0 Å². The van der Waals surface area contributed by atoms with E-state index in [1.807, 2.05) is 19.3 Å². The Hall–Kier alpha value is -0.450. The predicted molar refractivity (Wildman–Crippen MR) is 55.5 cm³/mol. The molecule has 0 bridgehead atoms. The quantitative estimate of drug-likeness (QED) is 0.800. The van der Waals surface area contributed by atoms with Gasteiger partial charge in [0.15, 0.2) is 0 Å². The van der Waals surface area contributed by atoms with Crippen LogP contribution in [0.25, 0.3) is 0 Å². The smallest absolute Gasteiger partial charge is 0.0732 e. The molecular weight excluding hydrogens is 232 g/mol. The topological polar surface area (TPSA) is 34.1 Å². The summed E-state index contributed by atoms with van der Waals surface area (Å²) in [6.07, 6.45) is 3.57. The van der Waals surface area contributed by atoms with Crippen LogP contribution in [0.2, 0.25) is 0 Å². The van der Waals surface area contributed by atoms with Gasteiger partial charge >= 0.3 is 0 Å². The van der Waals surface area contributed by atoms with Crippen molar-refractivity contribution in [1.82, 2.24) is 10.3 Å². The predicted octanol–water partition coefficient (Wildman–Crippen LogP) is 1.58. The molecule has 0 aliphatic carbocycles. The molecule has 1 N–H and O–H groups in total. The second-order valence-corrected chi connectivity index (χ2v) is 3.58. The number of ether oxygens (including phenoxy) is 1. The summed E-state index contributed by atoms with van der Waals surface area (Å²) in [6.45, 7) is 2.22. The first-order chi connectivity index (χ1) is 6.33. The minimum absolute atomic E-state index is 0.619. The van der Waals surface area contributed by atoms with E-state index in [0.29, 0.717) is 6.61 Å². The molecule has 3 nitrogen and oxygen atoms in total. The maximum atomic E-state index is 5.39. The second kappa shape index (κ2) is 6.07. The highest BCUT2D eigenvalue weighted by Crippen LogP contribution is 2.09. The summed E-state index contributed by atoms with van der Waals surface area (Å²) in [7, 11) is 1.91. The number of hydrogen-bond acceptors (Lipinski definition) is 3. The lowest BCUT2D eigenvalue weighted by atomic mass is 10.3. The maximum Gasteiger partial charge on any atom is 0.0732 e. The van der Waals surface area contributed by atoms with E-state index in [1.165, 1.54) is 0 Å². The molecule has 0 aromatic carbocycles. The fraction of sp³-hybridized carbons (Fsp3) is 0.444. The van der Waals surface area contributed by atoms with Gasteiger partial charge in [-0.05, 0) is 34.6 Å². The Morgan fingerprint density at radius 2 is 2.38 bits per heavy atom. The average Bonchev–Trinajstić information content (AvgIpc) is 2.13. The van der Waals surface area contributed by atoms with Crippen molar-refractivity contribution >= 4 is 15.9 Å². The molecule has 0 radical (unpaired) electrons. The SMILES string of the molecule is CNCCOCc1cncc(Br)c1. The van der Waals surface area contributed by atoms with E-state index in [-0.39, 0.29) is 0 Å². The van der Waals surface area contributed by atoms with Gasteiger partial charge in [0.1, 0.15) is 0 Å². The molecule has 4 heteroatoms. The van der Waals surface area contributed by atoms with Crippen LogP contribution in [-0.2, 0) is 11.3 Å². The minimum Gasteiger partial charge on any atom is -0.375 e. The molecule has 1 aromatic heterocycles. The van der Waals surface area contributed by atoms with Crippen LogP contribution in [0.4, 0.5) is 0 Å². The number of nitrogens with zero attached hydrogens (tertiary/aromatic N) is 1. The third kappa shape index (κ3) is 4.36. The van der Waals surface area contributed by atoms with E-state index >= 15 is 0 Å². The second-order valence-electron chi connectivity index (χ2n) is 2.67. The molecule has 1 aromatic rings. The van der Waals surface area contributed by atoms with Crippen molar-refractivity contribution in [2.24, 2.45) is 0 Å². The molecule has 72 valence electrons. The van der Waals surface area contributed by atoms with Gasteiger partial charge < -0.3 is 10.1 Å². The summed E-state index contributed by atoms with van der Waals surface area (Å²) in [6, 6.07) is 2.01. The zero-order chi connectivity index (χ0) is 9.52.